The van der Waals surface area contributed by atoms with Crippen molar-refractivity contribution in [2.24, 2.45) is 17.8 Å². The van der Waals surface area contributed by atoms with Crippen LogP contribution in [0.2, 0.25) is 0 Å². The monoisotopic (exact) mass is 470 g/mol. The van der Waals surface area contributed by atoms with E-state index in [0.29, 0.717) is 19.1 Å². The van der Waals surface area contributed by atoms with E-state index in [9.17, 15) is 26.7 Å². The highest BCUT2D eigenvalue weighted by atomic mass is 32.1. The Hall–Kier alpha value is -1.79. The van der Waals surface area contributed by atoms with Gasteiger partial charge in [-0.05, 0) is 11.4 Å². The van der Waals surface area contributed by atoms with E-state index in [1.54, 1.807) is 11.3 Å². The molecule has 0 unspecified atom stereocenters. The summed E-state index contributed by atoms with van der Waals surface area (Å²) >= 11 is 1.76. The number of rotatable bonds is 5. The third-order valence-corrected chi connectivity index (χ3v) is 6.58. The fraction of sp³-hybridized carbons (Fsp3) is 0.684. The Labute approximate surface area is 179 Å². The summed E-state index contributed by atoms with van der Waals surface area (Å²) in [6.45, 7) is 4.05. The van der Waals surface area contributed by atoms with Crippen molar-refractivity contribution in [2.75, 3.05) is 26.2 Å². The van der Waals surface area contributed by atoms with Gasteiger partial charge in [-0.25, -0.2) is 13.6 Å². The molecule has 1 aromatic rings. The fourth-order valence-corrected chi connectivity index (χ4v) is 4.81. The number of carbonyl (C=O) groups is 2. The predicted octanol–water partition coefficient (Wildman–Crippen LogP) is 2.99. The maximum atomic E-state index is 12.9. The second kappa shape index (κ2) is 9.37. The molecule has 31 heavy (non-hydrogen) atoms. The average Bonchev–Trinajstić information content (AvgIpc) is 3.36. The molecule has 3 aliphatic rings. The van der Waals surface area contributed by atoms with Gasteiger partial charge in [-0.3, -0.25) is 9.69 Å². The Morgan fingerprint density at radius 2 is 1.97 bits per heavy atom. The lowest BCUT2D eigenvalue weighted by atomic mass is 9.80. The van der Waals surface area contributed by atoms with Crippen LogP contribution in [0, 0.1) is 17.8 Å². The molecule has 4 rings (SSSR count). The van der Waals surface area contributed by atoms with Crippen LogP contribution in [0.4, 0.5) is 22.0 Å². The van der Waals surface area contributed by atoms with Crippen LogP contribution in [0.25, 0.3) is 0 Å². The number of ether oxygens (including phenoxy) is 1. The van der Waals surface area contributed by atoms with E-state index in [4.69, 9.17) is 14.6 Å². The van der Waals surface area contributed by atoms with E-state index in [0.717, 1.165) is 19.6 Å². The molecule has 6 nitrogen and oxygen atoms in total. The van der Waals surface area contributed by atoms with Gasteiger partial charge in [0.05, 0.1) is 12.7 Å². The van der Waals surface area contributed by atoms with Crippen LogP contribution >= 0.6 is 11.3 Å². The molecule has 0 bridgehead atoms. The van der Waals surface area contributed by atoms with Crippen LogP contribution in [-0.4, -0.2) is 66.3 Å². The Morgan fingerprint density at radius 3 is 2.52 bits per heavy atom. The predicted molar refractivity (Wildman–Crippen MR) is 101 cm³/mol. The highest BCUT2D eigenvalue weighted by molar-refractivity contribution is 7.09. The lowest BCUT2D eigenvalue weighted by Crippen LogP contribution is -2.46. The number of amides is 1. The summed E-state index contributed by atoms with van der Waals surface area (Å²) in [5.74, 6) is -5.43. The molecule has 1 amide bonds. The van der Waals surface area contributed by atoms with Gasteiger partial charge in [0.25, 0.3) is 0 Å². The maximum Gasteiger partial charge on any atom is 0.490 e. The summed E-state index contributed by atoms with van der Waals surface area (Å²) in [6.07, 6.45) is -5.46. The lowest BCUT2D eigenvalue weighted by molar-refractivity contribution is -0.192. The molecular weight excluding hydrogens is 447 g/mol. The number of fused-ring (bicyclic) bond motifs is 1. The third kappa shape index (κ3) is 6.36. The number of hydrogen-bond donors (Lipinski definition) is 2. The van der Waals surface area contributed by atoms with Gasteiger partial charge in [0.2, 0.25) is 11.8 Å². The number of carboxylic acids is 1. The van der Waals surface area contributed by atoms with Crippen molar-refractivity contribution in [2.45, 2.75) is 37.6 Å². The van der Waals surface area contributed by atoms with E-state index < -0.39 is 24.0 Å². The van der Waals surface area contributed by atoms with Crippen molar-refractivity contribution in [1.29, 1.82) is 0 Å². The Kier molecular flexibility index (Phi) is 7.21. The number of carbonyl (C=O) groups excluding carboxylic acids is 1. The number of thiophene rings is 1. The zero-order valence-corrected chi connectivity index (χ0v) is 17.2. The third-order valence-electron chi connectivity index (χ3n) is 5.72. The van der Waals surface area contributed by atoms with Gasteiger partial charge in [-0.1, -0.05) is 6.07 Å². The Bertz CT molecular complexity index is 766. The SMILES string of the molecule is O=C(NC[C@H]1CO[C@@H]2CN(Cc3cccs3)C[C@H]12)C1CC(F)(F)C1.O=C(O)C(F)(F)F. The van der Waals surface area contributed by atoms with Gasteiger partial charge < -0.3 is 15.2 Å². The van der Waals surface area contributed by atoms with Gasteiger partial charge in [0.15, 0.2) is 0 Å². The van der Waals surface area contributed by atoms with Crippen LogP contribution in [0.1, 0.15) is 17.7 Å². The number of nitrogens with zero attached hydrogens (tertiary/aromatic N) is 1. The first-order chi connectivity index (χ1) is 14.4. The molecule has 1 saturated carbocycles. The number of hydrogen-bond acceptors (Lipinski definition) is 5. The van der Waals surface area contributed by atoms with Crippen molar-refractivity contribution in [3.63, 3.8) is 0 Å². The van der Waals surface area contributed by atoms with Crippen molar-refractivity contribution in [3.8, 4) is 0 Å². The van der Waals surface area contributed by atoms with Crippen LogP contribution < -0.4 is 5.32 Å². The van der Waals surface area contributed by atoms with Crippen LogP contribution in [0.15, 0.2) is 17.5 Å². The van der Waals surface area contributed by atoms with E-state index >= 15 is 0 Å². The highest BCUT2D eigenvalue weighted by Gasteiger charge is 2.49. The minimum absolute atomic E-state index is 0.224. The minimum atomic E-state index is -5.08. The normalized spacial score (nSPS) is 27.7. The number of carboxylic acid groups (broad SMARTS) is 1. The Balaban J connectivity index is 0.000000339. The van der Waals surface area contributed by atoms with Gasteiger partial charge >= 0.3 is 12.1 Å². The number of nitrogens with one attached hydrogen (secondary N) is 1. The van der Waals surface area contributed by atoms with Crippen LogP contribution in [-0.2, 0) is 20.9 Å². The molecule has 0 aromatic carbocycles. The molecular formula is C19H23F5N2O4S. The minimum Gasteiger partial charge on any atom is -0.475 e. The molecule has 174 valence electrons. The number of alkyl halides is 5. The fourth-order valence-electron chi connectivity index (χ4n) is 4.06. The molecule has 2 saturated heterocycles. The molecule has 1 aromatic heterocycles. The quantitative estimate of drug-likeness (QED) is 0.647. The van der Waals surface area contributed by atoms with Crippen LogP contribution in [0.5, 0.6) is 0 Å². The van der Waals surface area contributed by atoms with E-state index in [1.165, 1.54) is 4.88 Å². The molecule has 2 N–H and O–H groups in total. The van der Waals surface area contributed by atoms with Crippen molar-refractivity contribution in [3.05, 3.63) is 22.4 Å². The standard InChI is InChI=1S/C17H22F2N2O2S.C2HF3O2/c18-17(19)4-11(5-17)16(22)20-6-12-10-23-15-9-21(8-14(12)15)7-13-2-1-3-24-13;3-2(4,5)1(6)7/h1-3,11-12,14-15H,4-10H2,(H,20,22);(H,6,7)/t12-,14+,15+;/m0./s1. The summed E-state index contributed by atoms with van der Waals surface area (Å²) < 4.78 is 63.4. The van der Waals surface area contributed by atoms with Crippen molar-refractivity contribution >= 4 is 23.2 Å². The second-order valence-corrected chi connectivity index (χ2v) is 9.11. The van der Waals surface area contributed by atoms with Gasteiger partial charge in [-0.2, -0.15) is 13.2 Å². The number of halogens is 5. The summed E-state index contributed by atoms with van der Waals surface area (Å²) in [5.41, 5.74) is 0. The number of aliphatic carboxylic acids is 1. The smallest absolute Gasteiger partial charge is 0.475 e. The molecule has 0 spiro atoms. The average molecular weight is 470 g/mol. The molecule has 1 aliphatic carbocycles. The second-order valence-electron chi connectivity index (χ2n) is 8.08. The summed E-state index contributed by atoms with van der Waals surface area (Å²) in [5, 5.41) is 12.1. The molecule has 12 heteroatoms. The molecule has 3 atom stereocenters. The summed E-state index contributed by atoms with van der Waals surface area (Å²) in [7, 11) is 0. The van der Waals surface area contributed by atoms with Crippen molar-refractivity contribution in [1.82, 2.24) is 10.2 Å². The van der Waals surface area contributed by atoms with Crippen molar-refractivity contribution < 1.29 is 41.4 Å². The zero-order valence-electron chi connectivity index (χ0n) is 16.4. The Morgan fingerprint density at radius 1 is 1.29 bits per heavy atom. The number of likely N-dealkylation sites (tertiary alicyclic amines) is 1. The maximum absolute atomic E-state index is 12.9. The molecule has 3 fully saturated rings. The highest BCUT2D eigenvalue weighted by Crippen LogP contribution is 2.42. The van der Waals surface area contributed by atoms with Gasteiger partial charge in [0, 0.05) is 61.7 Å². The van der Waals surface area contributed by atoms with Gasteiger partial charge in [0.1, 0.15) is 0 Å². The topological polar surface area (TPSA) is 78.9 Å². The summed E-state index contributed by atoms with van der Waals surface area (Å²) in [4.78, 5) is 24.6. The first-order valence-electron chi connectivity index (χ1n) is 9.76. The first-order valence-corrected chi connectivity index (χ1v) is 10.6. The van der Waals surface area contributed by atoms with E-state index in [-0.39, 0.29) is 30.8 Å². The first kappa shape index (κ1) is 23.9. The largest absolute Gasteiger partial charge is 0.490 e. The summed E-state index contributed by atoms with van der Waals surface area (Å²) in [6, 6.07) is 4.21. The van der Waals surface area contributed by atoms with Gasteiger partial charge in [-0.15, -0.1) is 11.3 Å². The molecule has 2 aliphatic heterocycles. The molecule has 3 heterocycles. The van der Waals surface area contributed by atoms with E-state index in [1.807, 2.05) is 0 Å². The molecule has 0 radical (unpaired) electrons. The lowest BCUT2D eigenvalue weighted by Gasteiger charge is -2.34. The zero-order chi connectivity index (χ0) is 22.8. The van der Waals surface area contributed by atoms with E-state index in [2.05, 4.69) is 27.7 Å². The van der Waals surface area contributed by atoms with Crippen LogP contribution in [0.3, 0.4) is 0 Å².